The van der Waals surface area contributed by atoms with Crippen LogP contribution in [0, 0.1) is 0 Å². The summed E-state index contributed by atoms with van der Waals surface area (Å²) in [6.07, 6.45) is 1.59. The van der Waals surface area contributed by atoms with Gasteiger partial charge in [-0.3, -0.25) is 0 Å². The van der Waals surface area contributed by atoms with Crippen LogP contribution in [0.15, 0.2) is 30.5 Å². The van der Waals surface area contributed by atoms with Gasteiger partial charge < -0.3 is 19.7 Å². The van der Waals surface area contributed by atoms with Gasteiger partial charge in [-0.15, -0.1) is 0 Å². The zero-order valence-corrected chi connectivity index (χ0v) is 10.2. The van der Waals surface area contributed by atoms with Crippen molar-refractivity contribution in [2.45, 2.75) is 12.6 Å². The molecule has 4 nitrogen and oxygen atoms in total. The molecule has 2 aromatic rings. The van der Waals surface area contributed by atoms with E-state index in [0.717, 1.165) is 16.7 Å². The number of ether oxygens (including phenoxy) is 1. The Labute approximate surface area is 101 Å². The number of fused-ring (bicyclic) bond motifs is 1. The van der Waals surface area contributed by atoms with Crippen LogP contribution in [0.3, 0.4) is 0 Å². The summed E-state index contributed by atoms with van der Waals surface area (Å²) in [5.41, 5.74) is 1.08. The molecule has 1 atom stereocenters. The van der Waals surface area contributed by atoms with Crippen LogP contribution >= 0.6 is 0 Å². The SMILES string of the molecule is CNC[C@@H](O)Cn1ccc2c(OC)cccc21. The fraction of sp³-hybridized carbons (Fsp3) is 0.385. The number of hydrogen-bond donors (Lipinski definition) is 2. The highest BCUT2D eigenvalue weighted by Gasteiger charge is 2.09. The molecular formula is C13H18N2O2. The number of aliphatic hydroxyl groups excluding tert-OH is 1. The van der Waals surface area contributed by atoms with Crippen molar-refractivity contribution in [3.05, 3.63) is 30.5 Å². The summed E-state index contributed by atoms with van der Waals surface area (Å²) < 4.78 is 7.35. The minimum absolute atomic E-state index is 0.387. The zero-order valence-electron chi connectivity index (χ0n) is 10.2. The van der Waals surface area contributed by atoms with E-state index >= 15 is 0 Å². The second-order valence-corrected chi connectivity index (χ2v) is 4.07. The fourth-order valence-corrected chi connectivity index (χ4v) is 2.06. The maximum absolute atomic E-state index is 9.79. The molecule has 0 saturated carbocycles. The monoisotopic (exact) mass is 234 g/mol. The third-order valence-electron chi connectivity index (χ3n) is 2.84. The number of aromatic nitrogens is 1. The molecular weight excluding hydrogens is 216 g/mol. The van der Waals surface area contributed by atoms with Gasteiger partial charge in [0.1, 0.15) is 5.75 Å². The molecule has 1 aromatic heterocycles. The molecule has 0 amide bonds. The third kappa shape index (κ3) is 2.43. The lowest BCUT2D eigenvalue weighted by Gasteiger charge is -2.12. The van der Waals surface area contributed by atoms with E-state index in [9.17, 15) is 5.11 Å². The first kappa shape index (κ1) is 12.0. The number of nitrogens with zero attached hydrogens (tertiary/aromatic N) is 1. The number of hydrogen-bond acceptors (Lipinski definition) is 3. The highest BCUT2D eigenvalue weighted by Crippen LogP contribution is 2.26. The average molecular weight is 234 g/mol. The van der Waals surface area contributed by atoms with Crippen LogP contribution in [0.1, 0.15) is 0 Å². The molecule has 0 aliphatic rings. The van der Waals surface area contributed by atoms with Crippen molar-refractivity contribution in [1.29, 1.82) is 0 Å². The Bertz CT molecular complexity index is 493. The minimum Gasteiger partial charge on any atom is -0.496 e. The minimum atomic E-state index is -0.387. The van der Waals surface area contributed by atoms with E-state index in [1.54, 1.807) is 7.11 Å². The number of likely N-dealkylation sites (N-methyl/N-ethyl adjacent to an activating group) is 1. The molecule has 1 aromatic carbocycles. The van der Waals surface area contributed by atoms with Crippen LogP contribution in [-0.2, 0) is 6.54 Å². The van der Waals surface area contributed by atoms with Crippen LogP contribution in [0.2, 0.25) is 0 Å². The Kier molecular flexibility index (Phi) is 3.66. The van der Waals surface area contributed by atoms with Crippen molar-refractivity contribution in [1.82, 2.24) is 9.88 Å². The van der Waals surface area contributed by atoms with E-state index in [1.165, 1.54) is 0 Å². The van der Waals surface area contributed by atoms with Crippen LogP contribution in [0.4, 0.5) is 0 Å². The molecule has 0 aliphatic carbocycles. The Morgan fingerprint density at radius 1 is 1.41 bits per heavy atom. The first-order valence-corrected chi connectivity index (χ1v) is 5.70. The standard InChI is InChI=1S/C13H18N2O2/c1-14-8-10(16)9-15-7-6-11-12(15)4-3-5-13(11)17-2/h3-7,10,14,16H,8-9H2,1-2H3/t10-/m1/s1. The van der Waals surface area contributed by atoms with Gasteiger partial charge in [-0.25, -0.2) is 0 Å². The summed E-state index contributed by atoms with van der Waals surface area (Å²) >= 11 is 0. The van der Waals surface area contributed by atoms with Gasteiger partial charge >= 0.3 is 0 Å². The molecule has 0 spiro atoms. The van der Waals surface area contributed by atoms with E-state index in [1.807, 2.05) is 42.1 Å². The summed E-state index contributed by atoms with van der Waals surface area (Å²) in [6.45, 7) is 1.17. The highest BCUT2D eigenvalue weighted by atomic mass is 16.5. The quantitative estimate of drug-likeness (QED) is 0.818. The van der Waals surface area contributed by atoms with Crippen LogP contribution in [0.5, 0.6) is 5.75 Å². The maximum Gasteiger partial charge on any atom is 0.128 e. The van der Waals surface area contributed by atoms with Crippen molar-refractivity contribution in [3.63, 3.8) is 0 Å². The van der Waals surface area contributed by atoms with Gasteiger partial charge in [-0.05, 0) is 25.2 Å². The molecule has 0 saturated heterocycles. The molecule has 0 bridgehead atoms. The summed E-state index contributed by atoms with van der Waals surface area (Å²) in [5.74, 6) is 0.865. The molecule has 0 radical (unpaired) electrons. The number of aliphatic hydroxyl groups is 1. The predicted octanol–water partition coefficient (Wildman–Crippen LogP) is 1.23. The smallest absolute Gasteiger partial charge is 0.128 e. The van der Waals surface area contributed by atoms with Crippen molar-refractivity contribution in [3.8, 4) is 5.75 Å². The zero-order chi connectivity index (χ0) is 12.3. The van der Waals surface area contributed by atoms with Crippen molar-refractivity contribution in [2.24, 2.45) is 0 Å². The lowest BCUT2D eigenvalue weighted by atomic mass is 10.2. The first-order valence-electron chi connectivity index (χ1n) is 5.70. The van der Waals surface area contributed by atoms with E-state index in [4.69, 9.17) is 4.74 Å². The molecule has 17 heavy (non-hydrogen) atoms. The second-order valence-electron chi connectivity index (χ2n) is 4.07. The van der Waals surface area contributed by atoms with E-state index < -0.39 is 0 Å². The normalized spacial score (nSPS) is 12.9. The van der Waals surface area contributed by atoms with E-state index in [-0.39, 0.29) is 6.10 Å². The van der Waals surface area contributed by atoms with Gasteiger partial charge in [-0.1, -0.05) is 6.07 Å². The molecule has 2 N–H and O–H groups in total. The van der Waals surface area contributed by atoms with Gasteiger partial charge in [0.25, 0.3) is 0 Å². The van der Waals surface area contributed by atoms with Gasteiger partial charge in [-0.2, -0.15) is 0 Å². The average Bonchev–Trinajstić information content (AvgIpc) is 2.73. The van der Waals surface area contributed by atoms with E-state index in [2.05, 4.69) is 5.32 Å². The lowest BCUT2D eigenvalue weighted by molar-refractivity contribution is 0.155. The molecule has 0 aliphatic heterocycles. The fourth-order valence-electron chi connectivity index (χ4n) is 2.06. The topological polar surface area (TPSA) is 46.4 Å². The lowest BCUT2D eigenvalue weighted by Crippen LogP contribution is -2.27. The number of nitrogens with one attached hydrogen (secondary N) is 1. The molecule has 0 fully saturated rings. The molecule has 2 rings (SSSR count). The van der Waals surface area contributed by atoms with Crippen LogP contribution in [0.25, 0.3) is 10.9 Å². The molecule has 1 heterocycles. The summed E-state index contributed by atoms with van der Waals surface area (Å²) in [6, 6.07) is 7.95. The Morgan fingerprint density at radius 2 is 2.24 bits per heavy atom. The van der Waals surface area contributed by atoms with E-state index in [0.29, 0.717) is 13.1 Å². The largest absolute Gasteiger partial charge is 0.496 e. The first-order chi connectivity index (χ1) is 8.26. The highest BCUT2D eigenvalue weighted by molar-refractivity contribution is 5.86. The van der Waals surface area contributed by atoms with Gasteiger partial charge in [0.05, 0.1) is 18.7 Å². The Morgan fingerprint density at radius 3 is 2.94 bits per heavy atom. The van der Waals surface area contributed by atoms with Gasteiger partial charge in [0.15, 0.2) is 0 Å². The number of methoxy groups -OCH3 is 1. The number of benzene rings is 1. The maximum atomic E-state index is 9.79. The summed E-state index contributed by atoms with van der Waals surface area (Å²) in [4.78, 5) is 0. The Hall–Kier alpha value is -1.52. The summed E-state index contributed by atoms with van der Waals surface area (Å²) in [7, 11) is 3.50. The van der Waals surface area contributed by atoms with Crippen molar-refractivity contribution in [2.75, 3.05) is 20.7 Å². The molecule has 4 heteroatoms. The number of rotatable bonds is 5. The van der Waals surface area contributed by atoms with Crippen LogP contribution in [-0.4, -0.2) is 36.5 Å². The van der Waals surface area contributed by atoms with Gasteiger partial charge in [0.2, 0.25) is 0 Å². The van der Waals surface area contributed by atoms with Crippen molar-refractivity contribution >= 4 is 10.9 Å². The van der Waals surface area contributed by atoms with Gasteiger partial charge in [0, 0.05) is 24.7 Å². The molecule has 0 unspecified atom stereocenters. The van der Waals surface area contributed by atoms with Crippen LogP contribution < -0.4 is 10.1 Å². The van der Waals surface area contributed by atoms with Crippen molar-refractivity contribution < 1.29 is 9.84 Å². The second kappa shape index (κ2) is 5.21. The predicted molar refractivity (Wildman–Crippen MR) is 68.4 cm³/mol. The third-order valence-corrected chi connectivity index (χ3v) is 2.84. The summed E-state index contributed by atoms with van der Waals surface area (Å²) in [5, 5.41) is 13.8. The Balaban J connectivity index is 2.30. The molecule has 92 valence electrons.